The Balaban J connectivity index is 0. The van der Waals surface area contributed by atoms with Crippen LogP contribution < -0.4 is 0 Å². The Bertz CT molecular complexity index is 457. The smallest absolute Gasteiger partial charge is 0.592 e. The third-order valence-corrected chi connectivity index (χ3v) is 1.63. The SMILES string of the molecule is [C-]#[O+].[C-]#[O+].[Ir+3].[OH2+]c1cccc2cccnc12. The molecule has 0 bridgehead atoms. The second-order valence-electron chi connectivity index (χ2n) is 2.38. The maximum absolute atomic E-state index is 7.50. The maximum atomic E-state index is 7.50. The van der Waals surface area contributed by atoms with E-state index >= 15 is 0 Å². The Hall–Kier alpha value is -1.44. The predicted octanol–water partition coefficient (Wildman–Crippen LogP) is 1.60. The Morgan fingerprint density at radius 1 is 1.00 bits per heavy atom. The Morgan fingerprint density at radius 3 is 2.12 bits per heavy atom. The van der Waals surface area contributed by atoms with E-state index in [1.807, 2.05) is 24.3 Å². The molecule has 0 radical (unpaired) electrons. The number of aromatic nitrogens is 1. The van der Waals surface area contributed by atoms with Crippen molar-refractivity contribution in [3.05, 3.63) is 49.8 Å². The maximum Gasteiger partial charge on any atom is 3.00 e. The van der Waals surface area contributed by atoms with E-state index in [2.05, 4.69) is 18.3 Å². The summed E-state index contributed by atoms with van der Waals surface area (Å²) < 4.78 is 15.0. The van der Waals surface area contributed by atoms with Gasteiger partial charge < -0.3 is 5.11 Å². The quantitative estimate of drug-likeness (QED) is 0.494. The number of rotatable bonds is 0. The van der Waals surface area contributed by atoms with Gasteiger partial charge in [0.1, 0.15) is 0 Å². The van der Waals surface area contributed by atoms with Crippen LogP contribution >= 0.6 is 0 Å². The number of fused-ring (bicyclic) bond motifs is 1. The molecule has 0 aliphatic rings. The van der Waals surface area contributed by atoms with Crippen LogP contribution in [0.1, 0.15) is 0 Å². The van der Waals surface area contributed by atoms with Crippen LogP contribution in [0.15, 0.2) is 36.5 Å². The number of benzene rings is 1. The summed E-state index contributed by atoms with van der Waals surface area (Å²) in [4.78, 5) is 4.09. The van der Waals surface area contributed by atoms with Gasteiger partial charge in [0.05, 0.1) is 0 Å². The summed E-state index contributed by atoms with van der Waals surface area (Å²) >= 11 is 0. The van der Waals surface area contributed by atoms with Crippen LogP contribution in [-0.4, -0.2) is 10.1 Å². The van der Waals surface area contributed by atoms with Gasteiger partial charge in [-0.25, -0.2) is 4.98 Å². The Morgan fingerprint density at radius 2 is 1.56 bits per heavy atom. The summed E-state index contributed by atoms with van der Waals surface area (Å²) in [5.74, 6) is 0.489. The van der Waals surface area contributed by atoms with Crippen LogP contribution in [0.5, 0.6) is 5.75 Å². The fraction of sp³-hybridized carbons (Fsp3) is 0. The van der Waals surface area contributed by atoms with Gasteiger partial charge in [0.15, 0.2) is 5.52 Å². The molecule has 2 aromatic rings. The largest absolute Gasteiger partial charge is 3.00 e. The van der Waals surface area contributed by atoms with E-state index in [-0.39, 0.29) is 20.1 Å². The second-order valence-corrected chi connectivity index (χ2v) is 2.38. The van der Waals surface area contributed by atoms with E-state index in [4.69, 9.17) is 14.4 Å². The minimum absolute atomic E-state index is 0. The number of para-hydroxylation sites is 1. The molecule has 1 aromatic heterocycles. The molecule has 0 aliphatic heterocycles. The Labute approximate surface area is 106 Å². The molecule has 0 fully saturated rings. The zero-order valence-electron chi connectivity index (χ0n) is 8.06. The number of pyridine rings is 1. The van der Waals surface area contributed by atoms with Crippen LogP contribution in [0.2, 0.25) is 0 Å². The predicted molar refractivity (Wildman–Crippen MR) is 52.7 cm³/mol. The zero-order valence-corrected chi connectivity index (χ0v) is 10.5. The van der Waals surface area contributed by atoms with Crippen LogP contribution in [-0.2, 0) is 29.4 Å². The van der Waals surface area contributed by atoms with Gasteiger partial charge in [0.2, 0.25) is 0 Å². The van der Waals surface area contributed by atoms with Gasteiger partial charge in [-0.05, 0) is 6.07 Å². The molecule has 0 saturated heterocycles. The first-order chi connectivity index (χ1) is 7.38. The molecular weight excluding hydrogens is 386 g/mol. The summed E-state index contributed by atoms with van der Waals surface area (Å²) in [5, 5.41) is 8.53. The summed E-state index contributed by atoms with van der Waals surface area (Å²) in [5.41, 5.74) is 0.773. The first kappa shape index (κ1) is 17.0. The topological polar surface area (TPSA) is 75.6 Å². The molecule has 5 heteroatoms. The Kier molecular flexibility index (Phi) is 10.7. The average molecular weight is 394 g/mol. The van der Waals surface area contributed by atoms with E-state index in [0.717, 1.165) is 10.9 Å². The van der Waals surface area contributed by atoms with Gasteiger partial charge in [-0.1, -0.05) is 18.2 Å². The van der Waals surface area contributed by atoms with Gasteiger partial charge >= 0.3 is 42.7 Å². The van der Waals surface area contributed by atoms with Gasteiger partial charge in [0.25, 0.3) is 5.75 Å². The van der Waals surface area contributed by atoms with Crippen molar-refractivity contribution in [1.82, 2.24) is 4.98 Å². The fourth-order valence-electron chi connectivity index (χ4n) is 1.10. The van der Waals surface area contributed by atoms with Gasteiger partial charge in [-0.15, -0.1) is 0 Å². The molecule has 1 aromatic carbocycles. The third kappa shape index (κ3) is 4.39. The van der Waals surface area contributed by atoms with Crippen molar-refractivity contribution in [2.45, 2.75) is 0 Å². The first-order valence-corrected chi connectivity index (χ1v) is 3.84. The summed E-state index contributed by atoms with van der Waals surface area (Å²) in [7, 11) is 0. The molecule has 2 rings (SSSR count). The molecule has 1 heterocycles. The van der Waals surface area contributed by atoms with E-state index in [1.165, 1.54) is 0 Å². The normalized spacial score (nSPS) is 7.25. The van der Waals surface area contributed by atoms with Crippen molar-refractivity contribution >= 4 is 10.9 Å². The minimum Gasteiger partial charge on any atom is -0.592 e. The standard InChI is InChI=1S/C9H7NO.2CO.Ir/c11-8-5-1-3-7-4-2-6-10-9(7)8;2*1-2;/h1-6,11H;;;/q;;;+3/p+1. The van der Waals surface area contributed by atoms with E-state index < -0.39 is 0 Å². The second kappa shape index (κ2) is 10.1. The van der Waals surface area contributed by atoms with Crippen molar-refractivity contribution in [1.29, 1.82) is 0 Å². The molecule has 0 atom stereocenters. The molecule has 16 heavy (non-hydrogen) atoms. The number of nitrogens with zero attached hydrogens (tertiary/aromatic N) is 1. The van der Waals surface area contributed by atoms with Crippen molar-refractivity contribution in [3.8, 4) is 5.75 Å². The van der Waals surface area contributed by atoms with Crippen LogP contribution in [0.3, 0.4) is 0 Å². The summed E-state index contributed by atoms with van der Waals surface area (Å²) in [6, 6.07) is 9.41. The van der Waals surface area contributed by atoms with Crippen molar-refractivity contribution < 1.29 is 34.5 Å². The zero-order chi connectivity index (χ0) is 11.7. The van der Waals surface area contributed by atoms with Crippen LogP contribution in [0, 0.1) is 13.3 Å². The van der Waals surface area contributed by atoms with Gasteiger partial charge in [-0.2, -0.15) is 0 Å². The van der Waals surface area contributed by atoms with Crippen LogP contribution in [0.4, 0.5) is 0 Å². The number of hydrogen-bond acceptors (Lipinski definition) is 1. The fourth-order valence-corrected chi connectivity index (χ4v) is 1.10. The number of hydrogen-bond donors (Lipinski definition) is 0. The first-order valence-electron chi connectivity index (χ1n) is 3.84. The van der Waals surface area contributed by atoms with Crippen molar-refractivity contribution in [2.24, 2.45) is 0 Å². The minimum atomic E-state index is 0. The average Bonchev–Trinajstić information content (AvgIpc) is 2.35. The molecule has 2 N–H and O–H groups in total. The summed E-state index contributed by atoms with van der Waals surface area (Å²) in [6.07, 6.45) is 1.71. The van der Waals surface area contributed by atoms with E-state index in [0.29, 0.717) is 5.75 Å². The van der Waals surface area contributed by atoms with Gasteiger partial charge in [-0.3, -0.25) is 0 Å². The van der Waals surface area contributed by atoms with E-state index in [9.17, 15) is 0 Å². The van der Waals surface area contributed by atoms with Crippen LogP contribution in [0.25, 0.3) is 10.9 Å². The molecule has 0 spiro atoms. The molecule has 80 valence electrons. The third-order valence-electron chi connectivity index (χ3n) is 1.63. The van der Waals surface area contributed by atoms with Crippen molar-refractivity contribution in [3.63, 3.8) is 0 Å². The molecular formula is C11H8IrNO3+4. The van der Waals surface area contributed by atoms with Crippen molar-refractivity contribution in [2.75, 3.05) is 0 Å². The molecule has 0 saturated carbocycles. The van der Waals surface area contributed by atoms with E-state index in [1.54, 1.807) is 12.3 Å². The molecule has 0 unspecified atom stereocenters. The molecule has 4 nitrogen and oxygen atoms in total. The monoisotopic (exact) mass is 395 g/mol. The molecule has 0 aliphatic carbocycles. The van der Waals surface area contributed by atoms with Gasteiger partial charge in [0, 0.05) is 17.6 Å². The summed E-state index contributed by atoms with van der Waals surface area (Å²) in [6.45, 7) is 9.00. The molecule has 0 amide bonds.